The minimum Gasteiger partial charge on any atom is -0.456 e. The standard InChI is InChI=1S/C74H64BN3O5/c1-72(2,3)51-19-28-55(29-20-51)76(58-27-18-46-34-49(15-14-47(46)35-58)66-38-48-12-10-11-13-65(48)83-66)54-25-16-45(17-26-54)50-36-63-71-64(37-50)78(57-32-23-53(24-33-57)74(7,8)9)62-42-70-68(80-44-82-70)40-60(62)75(71)59-39-67-69(81-43-79-67)41-61(59)77(63)56-30-21-52(22-31-56)73(4,5)6/h10-42H,43-44H2,1-9H3. The Kier molecular flexibility index (Phi) is 11.3. The van der Waals surface area contributed by atoms with Crippen LogP contribution in [0.5, 0.6) is 23.0 Å². The van der Waals surface area contributed by atoms with Crippen molar-refractivity contribution in [1.82, 2.24) is 0 Å². The fourth-order valence-electron chi connectivity index (χ4n) is 12.7. The molecule has 8 nitrogen and oxygen atoms in total. The Labute approximate surface area is 486 Å². The molecule has 0 fully saturated rings. The molecule has 15 rings (SSSR count). The molecule has 11 aromatic rings. The zero-order valence-electron chi connectivity index (χ0n) is 48.4. The van der Waals surface area contributed by atoms with E-state index in [0.717, 1.165) is 129 Å². The van der Waals surface area contributed by atoms with Crippen molar-refractivity contribution in [3.63, 3.8) is 0 Å². The van der Waals surface area contributed by atoms with Crippen LogP contribution in [-0.2, 0) is 16.2 Å². The van der Waals surface area contributed by atoms with Crippen LogP contribution >= 0.6 is 0 Å². The second-order valence-electron chi connectivity index (χ2n) is 25.7. The number of fused-ring (bicyclic) bond motifs is 8. The summed E-state index contributed by atoms with van der Waals surface area (Å²) in [5, 5.41) is 3.38. The third kappa shape index (κ3) is 8.58. The number of para-hydroxylation sites is 1. The highest BCUT2D eigenvalue weighted by atomic mass is 16.7. The molecule has 9 heteroatoms. The lowest BCUT2D eigenvalue weighted by Gasteiger charge is -2.44. The molecule has 10 aromatic carbocycles. The predicted molar refractivity (Wildman–Crippen MR) is 342 cm³/mol. The summed E-state index contributed by atoms with van der Waals surface area (Å²) in [6, 6.07) is 73.6. The van der Waals surface area contributed by atoms with Crippen LogP contribution in [0.3, 0.4) is 0 Å². The summed E-state index contributed by atoms with van der Waals surface area (Å²) in [6.07, 6.45) is 0. The van der Waals surface area contributed by atoms with Crippen molar-refractivity contribution >= 4 is 96.0 Å². The Morgan fingerprint density at radius 2 is 0.819 bits per heavy atom. The summed E-state index contributed by atoms with van der Waals surface area (Å²) in [7, 11) is 0. The van der Waals surface area contributed by atoms with Gasteiger partial charge in [-0.05, 0) is 174 Å². The first-order valence-electron chi connectivity index (χ1n) is 28.9. The molecule has 1 aromatic heterocycles. The van der Waals surface area contributed by atoms with Crippen molar-refractivity contribution in [3.8, 4) is 45.4 Å². The summed E-state index contributed by atoms with van der Waals surface area (Å²) in [4.78, 5) is 7.26. The fourth-order valence-corrected chi connectivity index (χ4v) is 12.7. The van der Waals surface area contributed by atoms with Crippen LogP contribution in [0.25, 0.3) is 44.2 Å². The number of rotatable bonds is 7. The van der Waals surface area contributed by atoms with Crippen LogP contribution in [0.4, 0.5) is 51.2 Å². The zero-order chi connectivity index (χ0) is 56.7. The van der Waals surface area contributed by atoms with Crippen molar-refractivity contribution in [1.29, 1.82) is 0 Å². The molecular formula is C74H64BN3O5. The second kappa shape index (κ2) is 18.6. The van der Waals surface area contributed by atoms with E-state index in [9.17, 15) is 0 Å². The number of furan rings is 1. The van der Waals surface area contributed by atoms with Gasteiger partial charge in [-0.25, -0.2) is 0 Å². The van der Waals surface area contributed by atoms with Gasteiger partial charge in [0.05, 0.1) is 0 Å². The highest BCUT2D eigenvalue weighted by Gasteiger charge is 2.46. The topological polar surface area (TPSA) is 59.8 Å². The molecule has 4 aliphatic rings. The quantitative estimate of drug-likeness (QED) is 0.146. The van der Waals surface area contributed by atoms with Crippen LogP contribution in [-0.4, -0.2) is 20.3 Å². The SMILES string of the molecule is CC(C)(C)c1ccc(N(c2ccc(-c3cc4c5c(c3)N(c3ccc(C(C)(C)C)cc3)c3cc6c(cc3B5c3cc5c(cc3N4c3ccc(C(C)(C)C)cc3)OCO5)OCO6)cc2)c2ccc3cc(-c4cc5ccccc5o4)ccc3c2)cc1. The lowest BCUT2D eigenvalue weighted by molar-refractivity contribution is 0.173. The Hall–Kier alpha value is -9.34. The van der Waals surface area contributed by atoms with E-state index in [1.54, 1.807) is 0 Å². The maximum absolute atomic E-state index is 6.31. The molecule has 83 heavy (non-hydrogen) atoms. The molecule has 4 aliphatic heterocycles. The second-order valence-corrected chi connectivity index (χ2v) is 25.7. The van der Waals surface area contributed by atoms with Gasteiger partial charge in [-0.15, -0.1) is 0 Å². The van der Waals surface area contributed by atoms with Gasteiger partial charge in [-0.2, -0.15) is 0 Å². The predicted octanol–water partition coefficient (Wildman–Crippen LogP) is 17.8. The Morgan fingerprint density at radius 3 is 1.34 bits per heavy atom. The summed E-state index contributed by atoms with van der Waals surface area (Å²) in [5.41, 5.74) is 20.8. The van der Waals surface area contributed by atoms with E-state index < -0.39 is 0 Å². The molecule has 0 amide bonds. The summed E-state index contributed by atoms with van der Waals surface area (Å²) in [5.74, 6) is 3.81. The van der Waals surface area contributed by atoms with E-state index in [2.05, 4.69) is 259 Å². The van der Waals surface area contributed by atoms with Crippen LogP contribution in [0.1, 0.15) is 79.0 Å². The van der Waals surface area contributed by atoms with Gasteiger partial charge >= 0.3 is 0 Å². The Morgan fingerprint density at radius 1 is 0.373 bits per heavy atom. The maximum Gasteiger partial charge on any atom is 0.252 e. The number of hydrogen-bond donors (Lipinski definition) is 0. The van der Waals surface area contributed by atoms with E-state index >= 15 is 0 Å². The van der Waals surface area contributed by atoms with E-state index in [0.29, 0.717) is 0 Å². The molecule has 0 bridgehead atoms. The molecule has 0 spiro atoms. The van der Waals surface area contributed by atoms with Crippen molar-refractivity contribution in [2.45, 2.75) is 78.6 Å². The minimum absolute atomic E-state index is 0.00520. The Bertz CT molecular complexity index is 4210. The smallest absolute Gasteiger partial charge is 0.252 e. The lowest BCUT2D eigenvalue weighted by atomic mass is 9.33. The maximum atomic E-state index is 6.31. The lowest BCUT2D eigenvalue weighted by Crippen LogP contribution is -2.61. The van der Waals surface area contributed by atoms with Gasteiger partial charge in [0.25, 0.3) is 6.71 Å². The average molecular weight is 1090 g/mol. The van der Waals surface area contributed by atoms with Crippen molar-refractivity contribution in [2.75, 3.05) is 28.3 Å². The van der Waals surface area contributed by atoms with Gasteiger partial charge in [-0.3, -0.25) is 0 Å². The third-order valence-electron chi connectivity index (χ3n) is 17.3. The average Bonchev–Trinajstić information content (AvgIpc) is 3.02. The number of anilines is 9. The molecular weight excluding hydrogens is 1020 g/mol. The normalized spacial score (nSPS) is 14.1. The van der Waals surface area contributed by atoms with Gasteiger partial charge in [0.2, 0.25) is 13.6 Å². The molecule has 0 radical (unpaired) electrons. The van der Waals surface area contributed by atoms with Crippen molar-refractivity contribution < 1.29 is 23.4 Å². The minimum atomic E-state index is -0.197. The largest absolute Gasteiger partial charge is 0.456 e. The van der Waals surface area contributed by atoms with E-state index in [-0.39, 0.29) is 36.5 Å². The first-order valence-corrected chi connectivity index (χ1v) is 28.9. The summed E-state index contributed by atoms with van der Waals surface area (Å²) in [6.45, 7) is 20.5. The van der Waals surface area contributed by atoms with Gasteiger partial charge in [0, 0.05) is 74.3 Å². The number of hydrogen-bond acceptors (Lipinski definition) is 8. The van der Waals surface area contributed by atoms with Crippen molar-refractivity contribution in [3.05, 3.63) is 217 Å². The highest BCUT2D eigenvalue weighted by molar-refractivity contribution is 7.00. The van der Waals surface area contributed by atoms with Gasteiger partial charge in [-0.1, -0.05) is 147 Å². The summed E-state index contributed by atoms with van der Waals surface area (Å²) < 4.78 is 31.1. The number of nitrogens with zero attached hydrogens (tertiary/aromatic N) is 3. The number of benzene rings is 10. The molecule has 0 aliphatic carbocycles. The van der Waals surface area contributed by atoms with Gasteiger partial charge in [0.1, 0.15) is 11.3 Å². The molecule has 0 unspecified atom stereocenters. The first-order chi connectivity index (χ1) is 40.0. The van der Waals surface area contributed by atoms with Crippen LogP contribution in [0.15, 0.2) is 205 Å². The van der Waals surface area contributed by atoms with Gasteiger partial charge in [0.15, 0.2) is 23.0 Å². The van der Waals surface area contributed by atoms with E-state index in [4.69, 9.17) is 23.4 Å². The monoisotopic (exact) mass is 1090 g/mol. The molecule has 0 saturated carbocycles. The highest BCUT2D eigenvalue weighted by Crippen LogP contribution is 2.51. The van der Waals surface area contributed by atoms with Gasteiger partial charge < -0.3 is 38.1 Å². The molecule has 0 saturated heterocycles. The molecule has 408 valence electrons. The van der Waals surface area contributed by atoms with Crippen LogP contribution in [0.2, 0.25) is 0 Å². The Balaban J connectivity index is 0.912. The molecule has 0 atom stereocenters. The fraction of sp³-hybridized carbons (Fsp3) is 0.189. The van der Waals surface area contributed by atoms with Crippen LogP contribution < -0.4 is 50.0 Å². The zero-order valence-corrected chi connectivity index (χ0v) is 48.4. The van der Waals surface area contributed by atoms with Crippen molar-refractivity contribution in [2.24, 2.45) is 0 Å². The first kappa shape index (κ1) is 50.6. The third-order valence-corrected chi connectivity index (χ3v) is 17.3. The van der Waals surface area contributed by atoms with Crippen LogP contribution in [0, 0.1) is 0 Å². The van der Waals surface area contributed by atoms with E-state index in [1.807, 2.05) is 18.2 Å². The number of ether oxygens (including phenoxy) is 4. The molecule has 0 N–H and O–H groups in total. The van der Waals surface area contributed by atoms with E-state index in [1.165, 1.54) is 22.2 Å². The summed E-state index contributed by atoms with van der Waals surface area (Å²) >= 11 is 0. The molecule has 5 heterocycles.